The summed E-state index contributed by atoms with van der Waals surface area (Å²) in [6.45, 7) is 9.08. The van der Waals surface area contributed by atoms with Gasteiger partial charge in [0.2, 0.25) is 0 Å². The predicted octanol–water partition coefficient (Wildman–Crippen LogP) is 2.03. The van der Waals surface area contributed by atoms with E-state index in [4.69, 9.17) is 0 Å². The highest BCUT2D eigenvalue weighted by Gasteiger charge is 2.12. The molecule has 3 nitrogen and oxygen atoms in total. The Labute approximate surface area is 79.3 Å². The number of rotatable bonds is 5. The molecule has 0 bridgehead atoms. The molecule has 0 aliphatic heterocycles. The molecule has 1 aromatic heterocycles. The second-order valence-electron chi connectivity index (χ2n) is 3.21. The molecule has 0 aliphatic rings. The first kappa shape index (κ1) is 9.99. The van der Waals surface area contributed by atoms with Crippen LogP contribution in [0.3, 0.4) is 0 Å². The Morgan fingerprint density at radius 1 is 1.77 bits per heavy atom. The Hall–Kier alpha value is -1.09. The zero-order valence-corrected chi connectivity index (χ0v) is 8.30. The molecule has 3 heteroatoms. The first-order chi connectivity index (χ1) is 6.25. The molecule has 0 aromatic carbocycles. The molecule has 0 aliphatic carbocycles. The second kappa shape index (κ2) is 4.82. The molecule has 0 saturated heterocycles. The smallest absolute Gasteiger partial charge is 0.127 e. The summed E-state index contributed by atoms with van der Waals surface area (Å²) in [4.78, 5) is 7.30. The molecule has 0 amide bonds. The van der Waals surface area contributed by atoms with Crippen molar-refractivity contribution in [1.29, 1.82) is 0 Å². The Morgan fingerprint density at radius 2 is 2.54 bits per heavy atom. The van der Waals surface area contributed by atoms with Crippen LogP contribution in [0.25, 0.3) is 0 Å². The first-order valence-corrected chi connectivity index (χ1v) is 4.63. The minimum absolute atomic E-state index is 0.162. The molecule has 0 saturated carbocycles. The van der Waals surface area contributed by atoms with Crippen LogP contribution in [0.4, 0.5) is 0 Å². The van der Waals surface area contributed by atoms with E-state index in [-0.39, 0.29) is 6.04 Å². The molecule has 13 heavy (non-hydrogen) atoms. The summed E-state index contributed by atoms with van der Waals surface area (Å²) in [5, 5.41) is 3.38. The number of imidazole rings is 1. The average molecular weight is 179 g/mol. The van der Waals surface area contributed by atoms with Crippen molar-refractivity contribution in [1.82, 2.24) is 15.3 Å². The van der Waals surface area contributed by atoms with E-state index in [9.17, 15) is 0 Å². The van der Waals surface area contributed by atoms with Crippen LogP contribution in [0.5, 0.6) is 0 Å². The van der Waals surface area contributed by atoms with Crippen LogP contribution in [-0.2, 0) is 0 Å². The molecule has 0 radical (unpaired) electrons. The quantitative estimate of drug-likeness (QED) is 0.679. The van der Waals surface area contributed by atoms with Crippen molar-refractivity contribution in [3.63, 3.8) is 0 Å². The van der Waals surface area contributed by atoms with Crippen LogP contribution in [-0.4, -0.2) is 16.5 Å². The Balaban J connectivity index is 2.63. The van der Waals surface area contributed by atoms with Crippen LogP contribution in [0.1, 0.15) is 32.1 Å². The maximum absolute atomic E-state index is 4.21. The van der Waals surface area contributed by atoms with E-state index in [0.29, 0.717) is 0 Å². The average Bonchev–Trinajstić information content (AvgIpc) is 2.57. The Kier molecular flexibility index (Phi) is 3.71. The fraction of sp³-hybridized carbons (Fsp3) is 0.500. The summed E-state index contributed by atoms with van der Waals surface area (Å²) in [6, 6.07) is 0.162. The fourth-order valence-corrected chi connectivity index (χ4v) is 1.23. The number of aromatic nitrogens is 2. The van der Waals surface area contributed by atoms with Gasteiger partial charge in [-0.1, -0.05) is 19.1 Å². The van der Waals surface area contributed by atoms with Crippen LogP contribution in [0.2, 0.25) is 0 Å². The normalized spacial score (nSPS) is 12.8. The molecule has 0 fully saturated rings. The largest absolute Gasteiger partial charge is 0.347 e. The zero-order chi connectivity index (χ0) is 9.68. The number of aromatic amines is 1. The minimum atomic E-state index is 0.162. The maximum Gasteiger partial charge on any atom is 0.127 e. The molecule has 1 rings (SSSR count). The third kappa shape index (κ3) is 2.70. The van der Waals surface area contributed by atoms with E-state index in [1.807, 2.05) is 13.1 Å². The van der Waals surface area contributed by atoms with Crippen molar-refractivity contribution < 1.29 is 0 Å². The third-order valence-electron chi connectivity index (χ3n) is 1.88. The van der Waals surface area contributed by atoms with E-state index < -0.39 is 0 Å². The van der Waals surface area contributed by atoms with Crippen LogP contribution >= 0.6 is 0 Å². The molecule has 1 atom stereocenters. The number of hydrogen-bond acceptors (Lipinski definition) is 2. The number of nitrogens with zero attached hydrogens (tertiary/aromatic N) is 1. The lowest BCUT2D eigenvalue weighted by Gasteiger charge is -2.15. The predicted molar refractivity (Wildman–Crippen MR) is 54.4 cm³/mol. The molecule has 1 aromatic rings. The molecular weight excluding hydrogens is 162 g/mol. The number of H-pyrrole nitrogens is 1. The molecule has 1 heterocycles. The van der Waals surface area contributed by atoms with Crippen molar-refractivity contribution in [2.75, 3.05) is 6.54 Å². The van der Waals surface area contributed by atoms with Gasteiger partial charge in [0.1, 0.15) is 5.82 Å². The van der Waals surface area contributed by atoms with Gasteiger partial charge >= 0.3 is 0 Å². The van der Waals surface area contributed by atoms with Gasteiger partial charge < -0.3 is 10.3 Å². The van der Waals surface area contributed by atoms with E-state index in [0.717, 1.165) is 24.4 Å². The lowest BCUT2D eigenvalue weighted by atomic mass is 10.1. The van der Waals surface area contributed by atoms with Gasteiger partial charge in [0.25, 0.3) is 0 Å². The van der Waals surface area contributed by atoms with Gasteiger partial charge in [0.05, 0.1) is 6.04 Å². The summed E-state index contributed by atoms with van der Waals surface area (Å²) in [7, 11) is 0. The van der Waals surface area contributed by atoms with Crippen molar-refractivity contribution in [3.05, 3.63) is 30.4 Å². The lowest BCUT2D eigenvalue weighted by molar-refractivity contribution is 0.569. The molecular formula is C10H17N3. The minimum Gasteiger partial charge on any atom is -0.347 e. The number of hydrogen-bond donors (Lipinski definition) is 2. The number of nitrogens with one attached hydrogen (secondary N) is 2. The van der Waals surface area contributed by atoms with Crippen molar-refractivity contribution in [2.45, 2.75) is 26.3 Å². The van der Waals surface area contributed by atoms with Gasteiger partial charge in [0, 0.05) is 12.4 Å². The van der Waals surface area contributed by atoms with Gasteiger partial charge in [0.15, 0.2) is 0 Å². The van der Waals surface area contributed by atoms with Crippen molar-refractivity contribution >= 4 is 0 Å². The SMILES string of the molecule is C=C(C)C(NCCC)c1ncc[nH]1. The zero-order valence-electron chi connectivity index (χ0n) is 8.30. The molecule has 72 valence electrons. The summed E-state index contributed by atoms with van der Waals surface area (Å²) < 4.78 is 0. The van der Waals surface area contributed by atoms with Gasteiger partial charge in [-0.25, -0.2) is 4.98 Å². The van der Waals surface area contributed by atoms with E-state index in [1.54, 1.807) is 6.20 Å². The molecule has 1 unspecified atom stereocenters. The monoisotopic (exact) mass is 179 g/mol. The second-order valence-corrected chi connectivity index (χ2v) is 3.21. The first-order valence-electron chi connectivity index (χ1n) is 4.63. The lowest BCUT2D eigenvalue weighted by Crippen LogP contribution is -2.23. The summed E-state index contributed by atoms with van der Waals surface area (Å²) in [5.74, 6) is 0.945. The van der Waals surface area contributed by atoms with E-state index in [2.05, 4.69) is 28.8 Å². The van der Waals surface area contributed by atoms with Crippen LogP contribution < -0.4 is 5.32 Å². The van der Waals surface area contributed by atoms with Crippen LogP contribution in [0, 0.1) is 0 Å². The standard InChI is InChI=1S/C10H17N3/c1-4-5-11-9(8(2)3)10-12-6-7-13-10/h6-7,9,11H,2,4-5H2,1,3H3,(H,12,13). The highest BCUT2D eigenvalue weighted by Crippen LogP contribution is 2.15. The Morgan fingerprint density at radius 3 is 3.00 bits per heavy atom. The molecule has 2 N–H and O–H groups in total. The van der Waals surface area contributed by atoms with E-state index in [1.165, 1.54) is 0 Å². The fourth-order valence-electron chi connectivity index (χ4n) is 1.23. The van der Waals surface area contributed by atoms with Gasteiger partial charge in [-0.15, -0.1) is 0 Å². The van der Waals surface area contributed by atoms with Crippen molar-refractivity contribution in [2.24, 2.45) is 0 Å². The Bertz CT molecular complexity index is 251. The summed E-state index contributed by atoms with van der Waals surface area (Å²) in [5.41, 5.74) is 1.09. The summed E-state index contributed by atoms with van der Waals surface area (Å²) in [6.07, 6.45) is 4.71. The maximum atomic E-state index is 4.21. The molecule has 0 spiro atoms. The van der Waals surface area contributed by atoms with Gasteiger partial charge in [-0.05, 0) is 19.9 Å². The highest BCUT2D eigenvalue weighted by atomic mass is 15.0. The topological polar surface area (TPSA) is 40.7 Å². The third-order valence-corrected chi connectivity index (χ3v) is 1.88. The van der Waals surface area contributed by atoms with E-state index >= 15 is 0 Å². The van der Waals surface area contributed by atoms with Gasteiger partial charge in [-0.3, -0.25) is 0 Å². The van der Waals surface area contributed by atoms with Gasteiger partial charge in [-0.2, -0.15) is 0 Å². The summed E-state index contributed by atoms with van der Waals surface area (Å²) >= 11 is 0. The van der Waals surface area contributed by atoms with Crippen LogP contribution in [0.15, 0.2) is 24.5 Å². The highest BCUT2D eigenvalue weighted by molar-refractivity contribution is 5.12. The van der Waals surface area contributed by atoms with Crippen molar-refractivity contribution in [3.8, 4) is 0 Å².